The summed E-state index contributed by atoms with van der Waals surface area (Å²) in [6.07, 6.45) is 6.28. The number of fused-ring (bicyclic) bond motifs is 1. The molecule has 1 atom stereocenters. The van der Waals surface area contributed by atoms with Crippen LogP contribution in [0.2, 0.25) is 0 Å². The van der Waals surface area contributed by atoms with Gasteiger partial charge in [0.1, 0.15) is 6.04 Å². The SMILES string of the molecule is O=C(NC(C(=O)O)C1CC1)c1cnn2c1CCCC2. The van der Waals surface area contributed by atoms with Gasteiger partial charge < -0.3 is 10.4 Å². The van der Waals surface area contributed by atoms with Crippen LogP contribution in [-0.2, 0) is 17.8 Å². The number of aryl methyl sites for hydroxylation is 1. The van der Waals surface area contributed by atoms with Crippen molar-refractivity contribution in [2.75, 3.05) is 0 Å². The van der Waals surface area contributed by atoms with E-state index in [0.29, 0.717) is 5.56 Å². The second-order valence-electron chi connectivity index (χ2n) is 5.31. The number of carboxylic acid groups (broad SMARTS) is 1. The van der Waals surface area contributed by atoms with E-state index in [2.05, 4.69) is 10.4 Å². The summed E-state index contributed by atoms with van der Waals surface area (Å²) in [5.74, 6) is -1.16. The highest BCUT2D eigenvalue weighted by Gasteiger charge is 2.37. The zero-order valence-corrected chi connectivity index (χ0v) is 10.6. The summed E-state index contributed by atoms with van der Waals surface area (Å²) >= 11 is 0. The highest BCUT2D eigenvalue weighted by atomic mass is 16.4. The first kappa shape index (κ1) is 12.2. The Labute approximate surface area is 110 Å². The van der Waals surface area contributed by atoms with Gasteiger partial charge in [0, 0.05) is 6.54 Å². The molecule has 102 valence electrons. The number of nitrogens with zero attached hydrogens (tertiary/aromatic N) is 2. The lowest BCUT2D eigenvalue weighted by Crippen LogP contribution is -2.42. The molecule has 1 aromatic rings. The van der Waals surface area contributed by atoms with Gasteiger partial charge in [-0.1, -0.05) is 0 Å². The minimum Gasteiger partial charge on any atom is -0.480 e. The molecule has 0 radical (unpaired) electrons. The summed E-state index contributed by atoms with van der Waals surface area (Å²) in [6.45, 7) is 0.841. The largest absolute Gasteiger partial charge is 0.480 e. The molecule has 3 rings (SSSR count). The summed E-state index contributed by atoms with van der Waals surface area (Å²) < 4.78 is 1.85. The van der Waals surface area contributed by atoms with E-state index in [1.54, 1.807) is 6.20 Å². The highest BCUT2D eigenvalue weighted by molar-refractivity contribution is 5.97. The van der Waals surface area contributed by atoms with Crippen LogP contribution < -0.4 is 5.32 Å². The molecule has 0 spiro atoms. The number of aliphatic carboxylic acids is 1. The van der Waals surface area contributed by atoms with E-state index in [0.717, 1.165) is 44.3 Å². The van der Waals surface area contributed by atoms with Crippen LogP contribution >= 0.6 is 0 Å². The van der Waals surface area contributed by atoms with Crippen molar-refractivity contribution in [3.8, 4) is 0 Å². The van der Waals surface area contributed by atoms with Crippen molar-refractivity contribution in [3.05, 3.63) is 17.5 Å². The molecular formula is C13H17N3O3. The van der Waals surface area contributed by atoms with E-state index in [-0.39, 0.29) is 11.8 Å². The lowest BCUT2D eigenvalue weighted by atomic mass is 10.1. The molecular weight excluding hydrogens is 246 g/mol. The van der Waals surface area contributed by atoms with Gasteiger partial charge in [0.05, 0.1) is 17.5 Å². The molecule has 0 saturated heterocycles. The molecule has 1 aliphatic heterocycles. The summed E-state index contributed by atoms with van der Waals surface area (Å²) in [6, 6.07) is -0.758. The molecule has 1 fully saturated rings. The number of carboxylic acids is 1. The molecule has 6 heteroatoms. The van der Waals surface area contributed by atoms with E-state index in [1.165, 1.54) is 0 Å². The molecule has 1 saturated carbocycles. The molecule has 2 aliphatic rings. The molecule has 6 nitrogen and oxygen atoms in total. The standard InChI is InChI=1S/C13H17N3O3/c17-12(15-11(13(18)19)8-4-5-8)9-7-14-16-6-2-1-3-10(9)16/h7-8,11H,1-6H2,(H,15,17)(H,18,19). The van der Waals surface area contributed by atoms with Gasteiger partial charge in [0.2, 0.25) is 0 Å². The van der Waals surface area contributed by atoms with Crippen molar-refractivity contribution in [2.24, 2.45) is 5.92 Å². The minimum atomic E-state index is -0.947. The van der Waals surface area contributed by atoms with Crippen molar-refractivity contribution in [1.82, 2.24) is 15.1 Å². The summed E-state index contributed by atoms with van der Waals surface area (Å²) in [7, 11) is 0. The molecule has 0 bridgehead atoms. The third-order valence-corrected chi connectivity index (χ3v) is 3.87. The maximum atomic E-state index is 12.2. The van der Waals surface area contributed by atoms with E-state index in [4.69, 9.17) is 5.11 Å². The summed E-state index contributed by atoms with van der Waals surface area (Å²) in [4.78, 5) is 23.3. The van der Waals surface area contributed by atoms with E-state index in [9.17, 15) is 9.59 Å². The zero-order chi connectivity index (χ0) is 13.4. The van der Waals surface area contributed by atoms with Gasteiger partial charge in [-0.15, -0.1) is 0 Å². The van der Waals surface area contributed by atoms with Gasteiger partial charge >= 0.3 is 5.97 Å². The molecule has 1 aliphatic carbocycles. The van der Waals surface area contributed by atoms with Crippen LogP contribution in [0.1, 0.15) is 41.7 Å². The third kappa shape index (κ3) is 2.34. The van der Waals surface area contributed by atoms with Crippen LogP contribution in [-0.4, -0.2) is 32.8 Å². The lowest BCUT2D eigenvalue weighted by Gasteiger charge is -2.16. The van der Waals surface area contributed by atoms with Crippen LogP contribution in [0.15, 0.2) is 6.20 Å². The van der Waals surface area contributed by atoms with Crippen LogP contribution in [0, 0.1) is 5.92 Å². The van der Waals surface area contributed by atoms with Gasteiger partial charge in [0.15, 0.2) is 0 Å². The van der Waals surface area contributed by atoms with Gasteiger partial charge in [-0.2, -0.15) is 5.10 Å². The smallest absolute Gasteiger partial charge is 0.326 e. The fourth-order valence-corrected chi connectivity index (χ4v) is 2.64. The number of carbonyl (C=O) groups is 2. The normalized spacial score (nSPS) is 19.6. The van der Waals surface area contributed by atoms with Crippen molar-refractivity contribution in [2.45, 2.75) is 44.7 Å². The topological polar surface area (TPSA) is 84.2 Å². The number of hydrogen-bond acceptors (Lipinski definition) is 3. The summed E-state index contributed by atoms with van der Waals surface area (Å²) in [5.41, 5.74) is 1.47. The monoisotopic (exact) mass is 263 g/mol. The third-order valence-electron chi connectivity index (χ3n) is 3.87. The maximum Gasteiger partial charge on any atom is 0.326 e. The van der Waals surface area contributed by atoms with Crippen molar-refractivity contribution < 1.29 is 14.7 Å². The maximum absolute atomic E-state index is 12.2. The van der Waals surface area contributed by atoms with Crippen LogP contribution in [0.5, 0.6) is 0 Å². The second-order valence-corrected chi connectivity index (χ2v) is 5.31. The van der Waals surface area contributed by atoms with Crippen LogP contribution in [0.3, 0.4) is 0 Å². The first-order chi connectivity index (χ1) is 9.16. The first-order valence-corrected chi connectivity index (χ1v) is 6.75. The molecule has 1 amide bonds. The molecule has 1 unspecified atom stereocenters. The predicted molar refractivity (Wildman–Crippen MR) is 66.8 cm³/mol. The van der Waals surface area contributed by atoms with Gasteiger partial charge in [-0.05, 0) is 38.0 Å². The molecule has 1 aromatic heterocycles. The Bertz CT molecular complexity index is 519. The average molecular weight is 263 g/mol. The fraction of sp³-hybridized carbons (Fsp3) is 0.615. The second kappa shape index (κ2) is 4.68. The minimum absolute atomic E-state index is 0.0906. The van der Waals surface area contributed by atoms with Crippen molar-refractivity contribution in [3.63, 3.8) is 0 Å². The molecule has 2 heterocycles. The summed E-state index contributed by atoms with van der Waals surface area (Å²) in [5, 5.41) is 16.0. The van der Waals surface area contributed by atoms with Crippen LogP contribution in [0.25, 0.3) is 0 Å². The molecule has 19 heavy (non-hydrogen) atoms. The zero-order valence-electron chi connectivity index (χ0n) is 10.6. The Morgan fingerprint density at radius 2 is 2.21 bits per heavy atom. The van der Waals surface area contributed by atoms with E-state index < -0.39 is 12.0 Å². The predicted octanol–water partition coefficient (Wildman–Crippen LogP) is 0.812. The highest BCUT2D eigenvalue weighted by Crippen LogP contribution is 2.33. The van der Waals surface area contributed by atoms with Gasteiger partial charge in [0.25, 0.3) is 5.91 Å². The number of aromatic nitrogens is 2. The number of hydrogen-bond donors (Lipinski definition) is 2. The number of carbonyl (C=O) groups excluding carboxylic acids is 1. The van der Waals surface area contributed by atoms with Gasteiger partial charge in [-0.25, -0.2) is 4.79 Å². The molecule has 0 aromatic carbocycles. The Hall–Kier alpha value is -1.85. The number of amides is 1. The van der Waals surface area contributed by atoms with Crippen LogP contribution in [0.4, 0.5) is 0 Å². The van der Waals surface area contributed by atoms with E-state index >= 15 is 0 Å². The lowest BCUT2D eigenvalue weighted by molar-refractivity contribution is -0.139. The Kier molecular flexibility index (Phi) is 3.00. The Morgan fingerprint density at radius 3 is 2.89 bits per heavy atom. The average Bonchev–Trinajstić information content (AvgIpc) is 3.14. The Balaban J connectivity index is 1.76. The molecule has 2 N–H and O–H groups in total. The Morgan fingerprint density at radius 1 is 1.42 bits per heavy atom. The van der Waals surface area contributed by atoms with Crippen molar-refractivity contribution in [1.29, 1.82) is 0 Å². The number of rotatable bonds is 4. The van der Waals surface area contributed by atoms with E-state index in [1.807, 2.05) is 4.68 Å². The quantitative estimate of drug-likeness (QED) is 0.842. The van der Waals surface area contributed by atoms with Gasteiger partial charge in [-0.3, -0.25) is 9.48 Å². The fourth-order valence-electron chi connectivity index (χ4n) is 2.64. The van der Waals surface area contributed by atoms with Crippen molar-refractivity contribution >= 4 is 11.9 Å². The first-order valence-electron chi connectivity index (χ1n) is 6.75. The number of nitrogens with one attached hydrogen (secondary N) is 1.